The number of thioether (sulfide) groups is 2. The number of nitrogens with one attached hydrogen (secondary N) is 6. The van der Waals surface area contributed by atoms with Crippen molar-refractivity contribution >= 4 is 70.8 Å². The highest BCUT2D eigenvalue weighted by molar-refractivity contribution is 8.16. The molecule has 2 saturated heterocycles. The largest absolute Gasteiger partial charge is 0.494 e. The Labute approximate surface area is 442 Å². The van der Waals surface area contributed by atoms with E-state index in [9.17, 15) is 38.4 Å². The molecule has 10 N–H and O–H groups in total. The molecule has 3 fully saturated rings. The van der Waals surface area contributed by atoms with E-state index in [1.807, 2.05) is 49.4 Å². The summed E-state index contributed by atoms with van der Waals surface area (Å²) >= 11 is 2.97. The van der Waals surface area contributed by atoms with Crippen LogP contribution in [-0.4, -0.2) is 117 Å². The molecule has 18 nitrogen and oxygen atoms in total. The van der Waals surface area contributed by atoms with Crippen LogP contribution in [0.1, 0.15) is 101 Å². The van der Waals surface area contributed by atoms with Gasteiger partial charge in [0.25, 0.3) is 0 Å². The van der Waals surface area contributed by atoms with Crippen LogP contribution in [0.15, 0.2) is 78.9 Å². The molecule has 8 amide bonds. The lowest BCUT2D eigenvalue weighted by Gasteiger charge is -2.37. The van der Waals surface area contributed by atoms with Crippen LogP contribution in [0.5, 0.6) is 5.75 Å². The van der Waals surface area contributed by atoms with Crippen molar-refractivity contribution in [1.29, 1.82) is 0 Å². The Balaban J connectivity index is 1.32. The minimum atomic E-state index is -1.56. The highest BCUT2D eigenvalue weighted by Crippen LogP contribution is 2.44. The van der Waals surface area contributed by atoms with E-state index in [4.69, 9.17) is 16.2 Å². The molecule has 400 valence electrons. The van der Waals surface area contributed by atoms with Gasteiger partial charge in [-0.2, -0.15) is 0 Å². The number of rotatable bonds is 14. The van der Waals surface area contributed by atoms with Crippen molar-refractivity contribution in [3.8, 4) is 5.75 Å². The van der Waals surface area contributed by atoms with Gasteiger partial charge in [0.05, 0.1) is 13.0 Å². The summed E-state index contributed by atoms with van der Waals surface area (Å²) in [4.78, 5) is 115. The van der Waals surface area contributed by atoms with Crippen LogP contribution in [0.2, 0.25) is 0 Å². The summed E-state index contributed by atoms with van der Waals surface area (Å²) in [6, 6.07) is 16.6. The third-order valence-corrected chi connectivity index (χ3v) is 16.5. The van der Waals surface area contributed by atoms with Gasteiger partial charge in [-0.05, 0) is 72.9 Å². The van der Waals surface area contributed by atoms with Gasteiger partial charge in [-0.15, -0.1) is 23.5 Å². The summed E-state index contributed by atoms with van der Waals surface area (Å²) in [5.74, 6) is -4.99. The molecule has 6 rings (SSSR count). The molecule has 3 aromatic carbocycles. The average Bonchev–Trinajstić information content (AvgIpc) is 3.88. The summed E-state index contributed by atoms with van der Waals surface area (Å²) in [5, 5.41) is 17.5. The van der Waals surface area contributed by atoms with E-state index < -0.39 is 88.8 Å². The number of amides is 8. The number of benzene rings is 3. The van der Waals surface area contributed by atoms with Crippen molar-refractivity contribution < 1.29 is 43.1 Å². The van der Waals surface area contributed by atoms with Gasteiger partial charge in [0.2, 0.25) is 47.3 Å². The van der Waals surface area contributed by atoms with Crippen molar-refractivity contribution in [3.63, 3.8) is 0 Å². The van der Waals surface area contributed by atoms with Crippen molar-refractivity contribution in [3.05, 3.63) is 101 Å². The monoisotopic (exact) mass is 1060 g/mol. The number of likely N-dealkylation sites (tertiary alicyclic amines) is 1. The molecule has 1 aliphatic carbocycles. The first-order valence-corrected chi connectivity index (χ1v) is 27.8. The van der Waals surface area contributed by atoms with Crippen LogP contribution in [0.4, 0.5) is 0 Å². The predicted molar refractivity (Wildman–Crippen MR) is 286 cm³/mol. The van der Waals surface area contributed by atoms with Crippen LogP contribution in [0.25, 0.3) is 0 Å². The molecule has 0 radical (unpaired) electrons. The Bertz CT molecular complexity index is 2420. The Hall–Kier alpha value is -6.12. The molecule has 6 atom stereocenters. The smallest absolute Gasteiger partial charge is 0.246 e. The van der Waals surface area contributed by atoms with Crippen molar-refractivity contribution in [2.24, 2.45) is 17.4 Å². The molecule has 2 aliphatic heterocycles. The second kappa shape index (κ2) is 28.0. The zero-order valence-electron chi connectivity index (χ0n) is 42.7. The van der Waals surface area contributed by atoms with Gasteiger partial charge in [0.15, 0.2) is 0 Å². The van der Waals surface area contributed by atoms with E-state index in [0.29, 0.717) is 42.4 Å². The average molecular weight is 1060 g/mol. The zero-order chi connectivity index (χ0) is 53.2. The number of carbonyl (C=O) groups is 8. The summed E-state index contributed by atoms with van der Waals surface area (Å²) in [6.07, 6.45) is 4.74. The topological polar surface area (TPSA) is 273 Å². The lowest BCUT2D eigenvalue weighted by Crippen LogP contribution is -2.61. The van der Waals surface area contributed by atoms with Crippen molar-refractivity contribution in [1.82, 2.24) is 36.8 Å². The van der Waals surface area contributed by atoms with Gasteiger partial charge in [0, 0.05) is 54.5 Å². The number of hydrogen-bond acceptors (Lipinski definition) is 12. The van der Waals surface area contributed by atoms with Gasteiger partial charge >= 0.3 is 0 Å². The minimum Gasteiger partial charge on any atom is -0.494 e. The third-order valence-electron chi connectivity index (χ3n) is 13.7. The number of nitrogens with zero attached hydrogens (tertiary/aromatic N) is 1. The van der Waals surface area contributed by atoms with Crippen LogP contribution >= 0.6 is 23.5 Å². The molecule has 1 unspecified atom stereocenters. The Kier molecular flexibility index (Phi) is 21.6. The third kappa shape index (κ3) is 16.7. The number of primary amides is 1. The fraction of sp³-hybridized carbons (Fsp3) is 0.519. The second-order valence-corrected chi connectivity index (χ2v) is 22.5. The lowest BCUT2D eigenvalue weighted by molar-refractivity contribution is -0.141. The van der Waals surface area contributed by atoms with Crippen molar-refractivity contribution in [2.45, 2.75) is 145 Å². The summed E-state index contributed by atoms with van der Waals surface area (Å²) in [7, 11) is 0. The highest BCUT2D eigenvalue weighted by Gasteiger charge is 2.41. The van der Waals surface area contributed by atoms with Crippen LogP contribution in [0, 0.1) is 5.92 Å². The molecule has 2 heterocycles. The predicted octanol–water partition coefficient (Wildman–Crippen LogP) is 3.12. The molecule has 3 aromatic rings. The maximum atomic E-state index is 14.7. The first-order valence-electron chi connectivity index (χ1n) is 25.7. The molecule has 1 saturated carbocycles. The molecule has 0 bridgehead atoms. The molecule has 74 heavy (non-hydrogen) atoms. The molecular weight excluding hydrogens is 983 g/mol. The number of nitrogens with two attached hydrogens (primary N) is 2. The van der Waals surface area contributed by atoms with Gasteiger partial charge in [0.1, 0.15) is 42.0 Å². The summed E-state index contributed by atoms with van der Waals surface area (Å²) in [5.41, 5.74) is 14.7. The molecule has 0 aromatic heterocycles. The quantitative estimate of drug-likeness (QED) is 0.116. The van der Waals surface area contributed by atoms with E-state index in [2.05, 4.69) is 31.9 Å². The Morgan fingerprint density at radius 1 is 0.757 bits per heavy atom. The van der Waals surface area contributed by atoms with E-state index in [1.165, 1.54) is 16.7 Å². The van der Waals surface area contributed by atoms with Crippen LogP contribution < -0.4 is 48.1 Å². The normalized spacial score (nSPS) is 23.6. The van der Waals surface area contributed by atoms with Gasteiger partial charge < -0.3 is 53.0 Å². The van der Waals surface area contributed by atoms with Crippen LogP contribution in [0.3, 0.4) is 0 Å². The van der Waals surface area contributed by atoms with Crippen LogP contribution in [-0.2, 0) is 64.3 Å². The second-order valence-electron chi connectivity index (χ2n) is 19.7. The van der Waals surface area contributed by atoms with Gasteiger partial charge in [-0.3, -0.25) is 38.4 Å². The molecular formula is C54H73N9O9S2. The number of carbonyl (C=O) groups excluding carboxylic acids is 8. The van der Waals surface area contributed by atoms with E-state index in [1.54, 1.807) is 62.0 Å². The Morgan fingerprint density at radius 2 is 1.39 bits per heavy atom. The Morgan fingerprint density at radius 3 is 2.07 bits per heavy atom. The standard InChI is InChI=1S/C54H73N9O9S2/c1-4-72-39-20-18-36(19-21-39)27-40-48(66)59-41(26-35-13-7-5-8-14-35)50(68)62-47(34(2)3)52(70)60-42(28-45(56)64)49(67)61-43(32-73-33-74-54(29-46(65)58-40)22-9-6-10-23-54)53(71)63-24-12-17-44(63)51(69)57-31-38-16-11-15-37(25-38)30-55/h5,7-8,11,13-16,18-21,25,34,40-44,47H,4,6,9-10,12,17,22-24,26-33,55H2,1-3H3,(H2,56,64)(H,57,69)(H,58,65)(H,59,66)(H,60,70)(H,61,67)(H,62,68)/t40-,41-,42-,43-,44?,47+/m1/s1. The number of ether oxygens (including phenoxy) is 1. The molecule has 1 spiro atoms. The number of hydrogen-bond donors (Lipinski definition) is 8. The first-order chi connectivity index (χ1) is 35.6. The van der Waals surface area contributed by atoms with E-state index in [-0.39, 0.29) is 49.9 Å². The zero-order valence-corrected chi connectivity index (χ0v) is 44.3. The maximum absolute atomic E-state index is 14.7. The van der Waals surface area contributed by atoms with E-state index in [0.717, 1.165) is 48.8 Å². The van der Waals surface area contributed by atoms with E-state index >= 15 is 0 Å². The van der Waals surface area contributed by atoms with Gasteiger partial charge in [-0.1, -0.05) is 99.8 Å². The SMILES string of the molecule is CCOc1ccc(C[C@H]2NC(=O)CC3(CCCCC3)SCSC[C@H](C(=O)N3CCCC3C(=O)NCc3cccc(CN)c3)NC(=O)[C@@H](CC(N)=O)NC(=O)[C@H](C(C)C)NC(=O)[C@@H](Cc3ccccc3)NC2=O)cc1. The maximum Gasteiger partial charge on any atom is 0.246 e. The highest BCUT2D eigenvalue weighted by atomic mass is 32.2. The first kappa shape index (κ1) is 57.2. The fourth-order valence-electron chi connectivity index (χ4n) is 9.69. The van der Waals surface area contributed by atoms with Gasteiger partial charge in [-0.25, -0.2) is 0 Å². The molecule has 20 heteroatoms. The fourth-order valence-corrected chi connectivity index (χ4v) is 12.7. The minimum absolute atomic E-state index is 0.0241. The van der Waals surface area contributed by atoms with Crippen molar-refractivity contribution in [2.75, 3.05) is 24.0 Å². The lowest BCUT2D eigenvalue weighted by atomic mass is 9.85. The molecule has 3 aliphatic rings. The summed E-state index contributed by atoms with van der Waals surface area (Å²) < 4.78 is 5.13. The summed E-state index contributed by atoms with van der Waals surface area (Å²) in [6.45, 7) is 6.53.